The highest BCUT2D eigenvalue weighted by atomic mass is 19.1. The predicted molar refractivity (Wildman–Crippen MR) is 63.4 cm³/mol. The van der Waals surface area contributed by atoms with Gasteiger partial charge in [0.1, 0.15) is 11.6 Å². The number of nitrogens with two attached hydrogens (primary N) is 1. The van der Waals surface area contributed by atoms with Crippen molar-refractivity contribution in [1.82, 2.24) is 0 Å². The van der Waals surface area contributed by atoms with Crippen LogP contribution in [0, 0.1) is 11.6 Å². The van der Waals surface area contributed by atoms with Crippen molar-refractivity contribution in [3.05, 3.63) is 71.3 Å². The fraction of sp³-hybridized carbons (Fsp3) is 0.143. The Kier molecular flexibility index (Phi) is 3.49. The first-order chi connectivity index (χ1) is 8.18. The van der Waals surface area contributed by atoms with E-state index >= 15 is 0 Å². The van der Waals surface area contributed by atoms with E-state index in [1.165, 1.54) is 12.1 Å². The van der Waals surface area contributed by atoms with E-state index in [1.54, 1.807) is 36.4 Å². The van der Waals surface area contributed by atoms with Gasteiger partial charge in [0.2, 0.25) is 0 Å². The van der Waals surface area contributed by atoms with Gasteiger partial charge in [0.15, 0.2) is 0 Å². The van der Waals surface area contributed by atoms with Gasteiger partial charge in [-0.25, -0.2) is 8.78 Å². The first kappa shape index (κ1) is 11.7. The van der Waals surface area contributed by atoms with Crippen molar-refractivity contribution in [2.75, 3.05) is 0 Å². The van der Waals surface area contributed by atoms with E-state index in [4.69, 9.17) is 5.73 Å². The molecule has 1 unspecified atom stereocenters. The molecule has 0 spiro atoms. The molecule has 3 heteroatoms. The minimum atomic E-state index is -0.534. The van der Waals surface area contributed by atoms with Gasteiger partial charge in [-0.05, 0) is 24.1 Å². The zero-order valence-corrected chi connectivity index (χ0v) is 9.24. The Morgan fingerprint density at radius 2 is 1.47 bits per heavy atom. The third-order valence-electron chi connectivity index (χ3n) is 2.70. The molecule has 0 saturated carbocycles. The average Bonchev–Trinajstić information content (AvgIpc) is 2.32. The van der Waals surface area contributed by atoms with Crippen LogP contribution in [-0.2, 0) is 6.42 Å². The lowest BCUT2D eigenvalue weighted by Gasteiger charge is -2.13. The molecule has 0 aromatic heterocycles. The van der Waals surface area contributed by atoms with Crippen LogP contribution >= 0.6 is 0 Å². The second-order valence-electron chi connectivity index (χ2n) is 3.92. The lowest BCUT2D eigenvalue weighted by atomic mass is 9.99. The fourth-order valence-corrected chi connectivity index (χ4v) is 1.79. The van der Waals surface area contributed by atoms with Gasteiger partial charge in [0, 0.05) is 11.6 Å². The Morgan fingerprint density at radius 1 is 0.882 bits per heavy atom. The standard InChI is InChI=1S/C14H13F2N/c15-12-7-3-1-5-10(12)9-14(17)11-6-2-4-8-13(11)16/h1-8,14H,9,17H2. The summed E-state index contributed by atoms with van der Waals surface area (Å²) in [6, 6.07) is 12.2. The Bertz CT molecular complexity index is 511. The van der Waals surface area contributed by atoms with Crippen molar-refractivity contribution >= 4 is 0 Å². The molecule has 0 saturated heterocycles. The third-order valence-corrected chi connectivity index (χ3v) is 2.70. The maximum Gasteiger partial charge on any atom is 0.127 e. The monoisotopic (exact) mass is 233 g/mol. The largest absolute Gasteiger partial charge is 0.324 e. The van der Waals surface area contributed by atoms with Gasteiger partial charge in [-0.1, -0.05) is 36.4 Å². The first-order valence-electron chi connectivity index (χ1n) is 5.42. The second-order valence-corrected chi connectivity index (χ2v) is 3.92. The van der Waals surface area contributed by atoms with Gasteiger partial charge in [-0.2, -0.15) is 0 Å². The summed E-state index contributed by atoms with van der Waals surface area (Å²) >= 11 is 0. The van der Waals surface area contributed by atoms with Crippen LogP contribution in [0.4, 0.5) is 8.78 Å². The topological polar surface area (TPSA) is 26.0 Å². The molecular formula is C14H13F2N. The van der Waals surface area contributed by atoms with Crippen molar-refractivity contribution in [3.63, 3.8) is 0 Å². The number of halogens is 2. The highest BCUT2D eigenvalue weighted by Gasteiger charge is 2.13. The highest BCUT2D eigenvalue weighted by Crippen LogP contribution is 2.20. The van der Waals surface area contributed by atoms with E-state index < -0.39 is 6.04 Å². The normalized spacial score (nSPS) is 12.4. The molecule has 0 heterocycles. The van der Waals surface area contributed by atoms with E-state index in [9.17, 15) is 8.78 Å². The summed E-state index contributed by atoms with van der Waals surface area (Å²) in [6.07, 6.45) is 0.285. The van der Waals surface area contributed by atoms with Crippen molar-refractivity contribution in [3.8, 4) is 0 Å². The van der Waals surface area contributed by atoms with Gasteiger partial charge < -0.3 is 5.73 Å². The molecule has 0 fully saturated rings. The van der Waals surface area contributed by atoms with E-state index in [0.717, 1.165) is 0 Å². The third kappa shape index (κ3) is 2.68. The number of benzene rings is 2. The van der Waals surface area contributed by atoms with Crippen LogP contribution < -0.4 is 5.73 Å². The second kappa shape index (κ2) is 5.06. The molecule has 1 nitrogen and oxygen atoms in total. The van der Waals surface area contributed by atoms with Crippen molar-refractivity contribution in [2.24, 2.45) is 5.73 Å². The smallest absolute Gasteiger partial charge is 0.127 e. The van der Waals surface area contributed by atoms with Gasteiger partial charge in [0.25, 0.3) is 0 Å². The van der Waals surface area contributed by atoms with E-state index in [2.05, 4.69) is 0 Å². The molecule has 2 aromatic carbocycles. The van der Waals surface area contributed by atoms with Crippen LogP contribution in [0.3, 0.4) is 0 Å². The van der Waals surface area contributed by atoms with Crippen LogP contribution in [0.25, 0.3) is 0 Å². The van der Waals surface area contributed by atoms with Crippen LogP contribution in [-0.4, -0.2) is 0 Å². The van der Waals surface area contributed by atoms with Crippen LogP contribution in [0.5, 0.6) is 0 Å². The van der Waals surface area contributed by atoms with Crippen LogP contribution in [0.2, 0.25) is 0 Å². The van der Waals surface area contributed by atoms with Crippen molar-refractivity contribution < 1.29 is 8.78 Å². The first-order valence-corrected chi connectivity index (χ1v) is 5.42. The number of hydrogen-bond donors (Lipinski definition) is 1. The summed E-state index contributed by atoms with van der Waals surface area (Å²) in [5.41, 5.74) is 6.81. The summed E-state index contributed by atoms with van der Waals surface area (Å²) in [5.74, 6) is -0.657. The maximum absolute atomic E-state index is 13.5. The zero-order valence-electron chi connectivity index (χ0n) is 9.24. The lowest BCUT2D eigenvalue weighted by molar-refractivity contribution is 0.563. The SMILES string of the molecule is NC(Cc1ccccc1F)c1ccccc1F. The predicted octanol–water partition coefficient (Wildman–Crippen LogP) is 3.21. The van der Waals surface area contributed by atoms with Gasteiger partial charge in [-0.15, -0.1) is 0 Å². The lowest BCUT2D eigenvalue weighted by Crippen LogP contribution is -2.15. The zero-order chi connectivity index (χ0) is 12.3. The average molecular weight is 233 g/mol. The molecular weight excluding hydrogens is 220 g/mol. The minimum Gasteiger partial charge on any atom is -0.324 e. The number of rotatable bonds is 3. The summed E-state index contributed by atoms with van der Waals surface area (Å²) in [7, 11) is 0. The molecule has 17 heavy (non-hydrogen) atoms. The van der Waals surface area contributed by atoms with Gasteiger partial charge >= 0.3 is 0 Å². The van der Waals surface area contributed by atoms with Crippen LogP contribution in [0.15, 0.2) is 48.5 Å². The molecule has 2 rings (SSSR count). The molecule has 0 aliphatic rings. The highest BCUT2D eigenvalue weighted by molar-refractivity contribution is 5.25. The van der Waals surface area contributed by atoms with E-state index in [1.807, 2.05) is 0 Å². The van der Waals surface area contributed by atoms with Crippen LogP contribution in [0.1, 0.15) is 17.2 Å². The quantitative estimate of drug-likeness (QED) is 0.865. The summed E-state index contributed by atoms with van der Waals surface area (Å²) in [6.45, 7) is 0. The molecule has 2 N–H and O–H groups in total. The van der Waals surface area contributed by atoms with Gasteiger partial charge in [0.05, 0.1) is 0 Å². The molecule has 0 radical (unpaired) electrons. The number of hydrogen-bond acceptors (Lipinski definition) is 1. The Hall–Kier alpha value is -1.74. The molecule has 0 amide bonds. The van der Waals surface area contributed by atoms with Gasteiger partial charge in [-0.3, -0.25) is 0 Å². The van der Waals surface area contributed by atoms with Crippen molar-refractivity contribution in [1.29, 1.82) is 0 Å². The molecule has 0 bridgehead atoms. The minimum absolute atomic E-state index is 0.285. The van der Waals surface area contributed by atoms with Crippen molar-refractivity contribution in [2.45, 2.75) is 12.5 Å². The molecule has 2 aromatic rings. The summed E-state index contributed by atoms with van der Waals surface area (Å²) < 4.78 is 26.9. The maximum atomic E-state index is 13.5. The Labute approximate surface area is 98.9 Å². The molecule has 88 valence electrons. The van der Waals surface area contributed by atoms with E-state index in [-0.39, 0.29) is 18.1 Å². The summed E-state index contributed by atoms with van der Waals surface area (Å²) in [4.78, 5) is 0. The molecule has 0 aliphatic heterocycles. The van der Waals surface area contributed by atoms with E-state index in [0.29, 0.717) is 11.1 Å². The molecule has 1 atom stereocenters. The fourth-order valence-electron chi connectivity index (χ4n) is 1.79. The Balaban J connectivity index is 2.20. The summed E-state index contributed by atoms with van der Waals surface area (Å²) in [5, 5.41) is 0. The Morgan fingerprint density at radius 3 is 2.12 bits per heavy atom. The molecule has 0 aliphatic carbocycles.